The van der Waals surface area contributed by atoms with E-state index in [1.165, 1.54) is 0 Å². The molecule has 0 aromatic heterocycles. The average Bonchev–Trinajstić information content (AvgIpc) is 2.25. The van der Waals surface area contributed by atoms with Crippen molar-refractivity contribution in [1.82, 2.24) is 0 Å². The molecule has 0 amide bonds. The van der Waals surface area contributed by atoms with Gasteiger partial charge >= 0.3 is 12.3 Å². The van der Waals surface area contributed by atoms with Crippen molar-refractivity contribution in [2.75, 3.05) is 12.4 Å². The molecule has 118 valence electrons. The highest BCUT2D eigenvalue weighted by Crippen LogP contribution is 2.31. The number of hydrogen-bond acceptors (Lipinski definition) is 4. The van der Waals surface area contributed by atoms with Crippen molar-refractivity contribution in [3.05, 3.63) is 27.7 Å². The number of carboxylic acids is 1. The van der Waals surface area contributed by atoms with Crippen molar-refractivity contribution in [3.63, 3.8) is 0 Å². The van der Waals surface area contributed by atoms with E-state index < -0.39 is 50.0 Å². The maximum absolute atomic E-state index is 11.9. The van der Waals surface area contributed by atoms with Crippen LogP contribution in [0, 0.1) is 0 Å². The van der Waals surface area contributed by atoms with Crippen LogP contribution in [0.1, 0.15) is 10.4 Å². The molecule has 0 bridgehead atoms. The molecular formula is C10H7Cl2F3O5S. The monoisotopic (exact) mass is 366 g/mol. The first-order chi connectivity index (χ1) is 9.46. The minimum absolute atomic E-state index is 0.294. The number of benzene rings is 1. The van der Waals surface area contributed by atoms with Crippen molar-refractivity contribution >= 4 is 39.0 Å². The van der Waals surface area contributed by atoms with E-state index in [9.17, 15) is 26.4 Å². The molecule has 1 aromatic rings. The van der Waals surface area contributed by atoms with E-state index in [4.69, 9.17) is 28.3 Å². The first kappa shape index (κ1) is 18.0. The molecule has 0 aliphatic rings. The van der Waals surface area contributed by atoms with Crippen molar-refractivity contribution in [1.29, 1.82) is 0 Å². The summed E-state index contributed by atoms with van der Waals surface area (Å²) in [6.45, 7) is -1.15. The SMILES string of the molecule is O=C(O)c1c(Cl)ccc(S(=O)(=O)CCOC(F)(F)F)c1Cl. The minimum atomic E-state index is -4.97. The summed E-state index contributed by atoms with van der Waals surface area (Å²) in [6, 6.07) is 1.90. The van der Waals surface area contributed by atoms with Crippen molar-refractivity contribution in [2.45, 2.75) is 11.3 Å². The molecule has 21 heavy (non-hydrogen) atoms. The molecule has 0 saturated carbocycles. The molecule has 0 atom stereocenters. The number of carboxylic acid groups (broad SMARTS) is 1. The Kier molecular flexibility index (Phi) is 5.48. The van der Waals surface area contributed by atoms with Gasteiger partial charge in [-0.15, -0.1) is 13.2 Å². The second-order valence-electron chi connectivity index (χ2n) is 3.65. The number of sulfone groups is 1. The predicted molar refractivity (Wildman–Crippen MR) is 67.5 cm³/mol. The molecule has 1 rings (SSSR count). The van der Waals surface area contributed by atoms with Crippen LogP contribution < -0.4 is 0 Å². The number of carbonyl (C=O) groups is 1. The summed E-state index contributed by atoms with van der Waals surface area (Å²) in [5.74, 6) is -2.58. The molecule has 0 fully saturated rings. The quantitative estimate of drug-likeness (QED) is 0.866. The Bertz CT molecular complexity index is 657. The molecular weight excluding hydrogens is 360 g/mol. The Hall–Kier alpha value is -1.03. The van der Waals surface area contributed by atoms with Crippen LogP contribution in [-0.4, -0.2) is 38.2 Å². The highest BCUT2D eigenvalue weighted by atomic mass is 35.5. The molecule has 5 nitrogen and oxygen atoms in total. The van der Waals surface area contributed by atoms with Gasteiger partial charge in [0.1, 0.15) is 0 Å². The third-order valence-electron chi connectivity index (χ3n) is 2.22. The van der Waals surface area contributed by atoms with Crippen LogP contribution in [0.4, 0.5) is 13.2 Å². The van der Waals surface area contributed by atoms with Gasteiger partial charge in [0.25, 0.3) is 0 Å². The molecule has 0 aliphatic heterocycles. The third kappa shape index (κ3) is 4.73. The second kappa shape index (κ2) is 6.39. The third-order valence-corrected chi connectivity index (χ3v) is 4.76. The van der Waals surface area contributed by atoms with Crippen LogP contribution in [0.15, 0.2) is 17.0 Å². The summed E-state index contributed by atoms with van der Waals surface area (Å²) in [7, 11) is -4.27. The normalized spacial score (nSPS) is 12.4. The summed E-state index contributed by atoms with van der Waals surface area (Å²) >= 11 is 11.2. The summed E-state index contributed by atoms with van der Waals surface area (Å²) in [5.41, 5.74) is -0.642. The van der Waals surface area contributed by atoms with Crippen LogP contribution >= 0.6 is 23.2 Å². The van der Waals surface area contributed by atoms with E-state index in [1.54, 1.807) is 0 Å². The van der Waals surface area contributed by atoms with Gasteiger partial charge in [-0.1, -0.05) is 23.2 Å². The molecule has 0 radical (unpaired) electrons. The van der Waals surface area contributed by atoms with Crippen molar-refractivity contribution in [3.8, 4) is 0 Å². The minimum Gasteiger partial charge on any atom is -0.478 e. The van der Waals surface area contributed by atoms with Gasteiger partial charge in [-0.3, -0.25) is 4.74 Å². The zero-order valence-corrected chi connectivity index (χ0v) is 12.3. The number of rotatable bonds is 5. The van der Waals surface area contributed by atoms with E-state index in [1.807, 2.05) is 0 Å². The van der Waals surface area contributed by atoms with E-state index in [-0.39, 0.29) is 5.02 Å². The van der Waals surface area contributed by atoms with Gasteiger partial charge in [-0.05, 0) is 12.1 Å². The number of alkyl halides is 3. The van der Waals surface area contributed by atoms with Gasteiger partial charge in [-0.2, -0.15) is 0 Å². The Morgan fingerprint density at radius 3 is 2.33 bits per heavy atom. The lowest BCUT2D eigenvalue weighted by Crippen LogP contribution is -2.20. The summed E-state index contributed by atoms with van der Waals surface area (Å²) in [5, 5.41) is 7.92. The molecule has 1 N–H and O–H groups in total. The Morgan fingerprint density at radius 1 is 1.29 bits per heavy atom. The standard InChI is InChI=1S/C10H7Cl2F3O5S/c11-5-1-2-6(8(12)7(5)9(16)17)21(18,19)4-3-20-10(13,14)15/h1-2H,3-4H2,(H,16,17). The van der Waals surface area contributed by atoms with Crippen molar-refractivity contribution in [2.24, 2.45) is 0 Å². The summed E-state index contributed by atoms with van der Waals surface area (Å²) < 4.78 is 62.5. The van der Waals surface area contributed by atoms with E-state index >= 15 is 0 Å². The average molecular weight is 367 g/mol. The fourth-order valence-electron chi connectivity index (χ4n) is 1.35. The molecule has 0 heterocycles. The predicted octanol–water partition coefficient (Wildman–Crippen LogP) is 3.00. The molecule has 0 saturated heterocycles. The topological polar surface area (TPSA) is 80.7 Å². The molecule has 0 aliphatic carbocycles. The van der Waals surface area contributed by atoms with Crippen LogP contribution in [0.5, 0.6) is 0 Å². The van der Waals surface area contributed by atoms with Gasteiger partial charge in [0.2, 0.25) is 0 Å². The lowest BCUT2D eigenvalue weighted by molar-refractivity contribution is -0.322. The highest BCUT2D eigenvalue weighted by Gasteiger charge is 2.31. The van der Waals surface area contributed by atoms with Gasteiger partial charge in [0.15, 0.2) is 9.84 Å². The smallest absolute Gasteiger partial charge is 0.478 e. The molecule has 0 unspecified atom stereocenters. The zero-order valence-electron chi connectivity index (χ0n) is 9.95. The molecule has 11 heteroatoms. The molecule has 0 spiro atoms. The van der Waals surface area contributed by atoms with Crippen LogP contribution in [0.2, 0.25) is 10.0 Å². The highest BCUT2D eigenvalue weighted by molar-refractivity contribution is 7.91. The van der Waals surface area contributed by atoms with Gasteiger partial charge in [-0.25, -0.2) is 13.2 Å². The lowest BCUT2D eigenvalue weighted by atomic mass is 10.2. The first-order valence-electron chi connectivity index (χ1n) is 5.10. The molecule has 1 aromatic carbocycles. The van der Waals surface area contributed by atoms with Crippen molar-refractivity contribution < 1.29 is 36.2 Å². The maximum atomic E-state index is 11.9. The number of hydrogen-bond donors (Lipinski definition) is 1. The Morgan fingerprint density at radius 2 is 1.86 bits per heavy atom. The Balaban J connectivity index is 3.10. The fourth-order valence-corrected chi connectivity index (χ4v) is 3.40. The largest absolute Gasteiger partial charge is 0.522 e. The fraction of sp³-hybridized carbons (Fsp3) is 0.300. The van der Waals surface area contributed by atoms with Crippen LogP contribution in [0.3, 0.4) is 0 Å². The van der Waals surface area contributed by atoms with Gasteiger partial charge < -0.3 is 5.11 Å². The summed E-state index contributed by atoms with van der Waals surface area (Å²) in [6.07, 6.45) is -4.97. The van der Waals surface area contributed by atoms with E-state index in [0.717, 1.165) is 12.1 Å². The maximum Gasteiger partial charge on any atom is 0.522 e. The zero-order chi connectivity index (χ0) is 16.4. The van der Waals surface area contributed by atoms with Crippen LogP contribution in [-0.2, 0) is 14.6 Å². The second-order valence-corrected chi connectivity index (χ2v) is 6.52. The number of ether oxygens (including phenoxy) is 1. The Labute approximate surface area is 127 Å². The van der Waals surface area contributed by atoms with E-state index in [0.29, 0.717) is 0 Å². The van der Waals surface area contributed by atoms with Crippen LogP contribution in [0.25, 0.3) is 0 Å². The summed E-state index contributed by atoms with van der Waals surface area (Å²) in [4.78, 5) is 10.3. The number of aromatic carboxylic acids is 1. The number of halogens is 5. The van der Waals surface area contributed by atoms with Gasteiger partial charge in [0.05, 0.1) is 32.9 Å². The first-order valence-corrected chi connectivity index (χ1v) is 7.51. The van der Waals surface area contributed by atoms with Gasteiger partial charge in [0, 0.05) is 0 Å². The lowest BCUT2D eigenvalue weighted by Gasteiger charge is -2.11. The van der Waals surface area contributed by atoms with E-state index in [2.05, 4.69) is 4.74 Å².